The Bertz CT molecular complexity index is 3700. The van der Waals surface area contributed by atoms with Gasteiger partial charge in [0.1, 0.15) is 11.2 Å². The average Bonchev–Trinajstić information content (AvgIpc) is 3.79. The van der Waals surface area contributed by atoms with Crippen LogP contribution in [0, 0.1) is 0 Å². The number of para-hydroxylation sites is 4. The Labute approximate surface area is 384 Å². The van der Waals surface area contributed by atoms with E-state index in [1.54, 1.807) is 0 Å². The van der Waals surface area contributed by atoms with Crippen LogP contribution < -0.4 is 4.90 Å². The predicted molar refractivity (Wildman–Crippen MR) is 279 cm³/mol. The van der Waals surface area contributed by atoms with Gasteiger partial charge in [-0.05, 0) is 97.2 Å². The van der Waals surface area contributed by atoms with E-state index in [-0.39, 0.29) is 0 Å². The van der Waals surface area contributed by atoms with Crippen LogP contribution >= 0.6 is 0 Å². The van der Waals surface area contributed by atoms with Crippen LogP contribution in [0.5, 0.6) is 0 Å². The lowest BCUT2D eigenvalue weighted by atomic mass is 9.88. The van der Waals surface area contributed by atoms with Gasteiger partial charge in [-0.2, -0.15) is 0 Å². The van der Waals surface area contributed by atoms with Gasteiger partial charge in [-0.1, -0.05) is 224 Å². The number of hydrogen-bond acceptors (Lipinski definition) is 2. The molecule has 0 fully saturated rings. The van der Waals surface area contributed by atoms with Crippen molar-refractivity contribution >= 4 is 49.8 Å². The standard InChI is InChI=1S/C64H43NO/c1-2-18-48(19-3-1)52-21-6-7-22-53(52)54-23-8-9-24-55(54)56-25-10-13-30-61(56)65(62-31-14-11-26-57(62)59-28-16-29-60-58-27-12-15-32-63(58)66-64(59)60)51-41-39-46(40-42-51)45-33-35-47(36-34-45)50-38-37-44-17-4-5-20-49(44)43-50/h1-43H. The zero-order valence-corrected chi connectivity index (χ0v) is 36.2. The van der Waals surface area contributed by atoms with Crippen LogP contribution in [0.15, 0.2) is 265 Å². The summed E-state index contributed by atoms with van der Waals surface area (Å²) in [6.07, 6.45) is 0. The minimum Gasteiger partial charge on any atom is -0.455 e. The third kappa shape index (κ3) is 7.02. The highest BCUT2D eigenvalue weighted by atomic mass is 16.3. The molecule has 0 N–H and O–H groups in total. The Balaban J connectivity index is 1.01. The predicted octanol–water partition coefficient (Wildman–Crippen LogP) is 18.2. The largest absolute Gasteiger partial charge is 0.455 e. The number of furan rings is 1. The summed E-state index contributed by atoms with van der Waals surface area (Å²) in [4.78, 5) is 2.43. The van der Waals surface area contributed by atoms with Crippen LogP contribution in [0.4, 0.5) is 17.1 Å². The number of rotatable bonds is 9. The van der Waals surface area contributed by atoms with E-state index < -0.39 is 0 Å². The second-order valence-corrected chi connectivity index (χ2v) is 16.8. The van der Waals surface area contributed by atoms with Crippen LogP contribution in [0.3, 0.4) is 0 Å². The summed E-state index contributed by atoms with van der Waals surface area (Å²) >= 11 is 0. The molecule has 0 spiro atoms. The third-order valence-corrected chi connectivity index (χ3v) is 12.9. The molecule has 2 heteroatoms. The van der Waals surface area contributed by atoms with Crippen LogP contribution in [0.25, 0.3) is 99.5 Å². The van der Waals surface area contributed by atoms with E-state index >= 15 is 0 Å². The van der Waals surface area contributed by atoms with Gasteiger partial charge in [0, 0.05) is 33.2 Å². The van der Waals surface area contributed by atoms with E-state index in [2.05, 4.69) is 260 Å². The first-order valence-corrected chi connectivity index (χ1v) is 22.6. The summed E-state index contributed by atoms with van der Waals surface area (Å²) in [5, 5.41) is 4.72. The van der Waals surface area contributed by atoms with E-state index in [9.17, 15) is 0 Å². The number of hydrogen-bond donors (Lipinski definition) is 0. The Hall–Kier alpha value is -8.72. The first-order chi connectivity index (χ1) is 32.7. The maximum atomic E-state index is 6.69. The molecule has 0 aliphatic rings. The highest BCUT2D eigenvalue weighted by Crippen LogP contribution is 2.49. The van der Waals surface area contributed by atoms with Gasteiger partial charge in [-0.25, -0.2) is 0 Å². The van der Waals surface area contributed by atoms with Crippen molar-refractivity contribution in [2.45, 2.75) is 0 Å². The van der Waals surface area contributed by atoms with E-state index in [1.807, 2.05) is 6.07 Å². The van der Waals surface area contributed by atoms with E-state index in [1.165, 1.54) is 49.7 Å². The molecule has 2 nitrogen and oxygen atoms in total. The molecular formula is C64H43NO. The van der Waals surface area contributed by atoms with Crippen molar-refractivity contribution in [2.24, 2.45) is 0 Å². The monoisotopic (exact) mass is 841 g/mol. The van der Waals surface area contributed by atoms with Crippen molar-refractivity contribution in [3.05, 3.63) is 261 Å². The van der Waals surface area contributed by atoms with Gasteiger partial charge in [-0.3, -0.25) is 0 Å². The van der Waals surface area contributed by atoms with E-state index in [0.717, 1.165) is 66.8 Å². The summed E-state index contributed by atoms with van der Waals surface area (Å²) in [6.45, 7) is 0. The Kier molecular flexibility index (Phi) is 9.89. The molecule has 12 rings (SSSR count). The molecule has 11 aromatic carbocycles. The molecule has 0 atom stereocenters. The minimum atomic E-state index is 0.879. The molecule has 0 amide bonds. The molecular weight excluding hydrogens is 799 g/mol. The Morgan fingerprint density at radius 1 is 0.258 bits per heavy atom. The molecule has 310 valence electrons. The minimum absolute atomic E-state index is 0.879. The first-order valence-electron chi connectivity index (χ1n) is 22.6. The normalized spacial score (nSPS) is 11.3. The number of benzene rings is 11. The van der Waals surface area contributed by atoms with Gasteiger partial charge in [0.05, 0.1) is 11.4 Å². The smallest absolute Gasteiger partial charge is 0.143 e. The third-order valence-electron chi connectivity index (χ3n) is 12.9. The molecule has 1 heterocycles. The molecule has 0 saturated carbocycles. The van der Waals surface area contributed by atoms with Gasteiger partial charge in [0.15, 0.2) is 0 Å². The molecule has 0 bridgehead atoms. The first kappa shape index (κ1) is 38.9. The van der Waals surface area contributed by atoms with Crippen LogP contribution in [0.2, 0.25) is 0 Å². The second kappa shape index (κ2) is 16.8. The molecule has 0 saturated heterocycles. The molecule has 0 unspecified atom stereocenters. The van der Waals surface area contributed by atoms with Gasteiger partial charge < -0.3 is 9.32 Å². The summed E-state index contributed by atoms with van der Waals surface area (Å²) in [7, 11) is 0. The molecule has 1 aromatic heterocycles. The second-order valence-electron chi connectivity index (χ2n) is 16.8. The molecule has 0 radical (unpaired) electrons. The van der Waals surface area contributed by atoms with Crippen molar-refractivity contribution in [3.8, 4) is 66.8 Å². The lowest BCUT2D eigenvalue weighted by Gasteiger charge is -2.30. The molecule has 0 aliphatic heterocycles. The summed E-state index contributed by atoms with van der Waals surface area (Å²) in [5.41, 5.74) is 18.8. The van der Waals surface area contributed by atoms with Gasteiger partial charge >= 0.3 is 0 Å². The zero-order valence-electron chi connectivity index (χ0n) is 36.2. The fourth-order valence-corrected chi connectivity index (χ4v) is 9.73. The zero-order chi connectivity index (χ0) is 43.8. The average molecular weight is 842 g/mol. The summed E-state index contributed by atoms with van der Waals surface area (Å²) in [6, 6.07) is 93.9. The quantitative estimate of drug-likeness (QED) is 0.144. The highest BCUT2D eigenvalue weighted by molar-refractivity contribution is 6.11. The number of nitrogens with zero attached hydrogens (tertiary/aromatic N) is 1. The molecule has 66 heavy (non-hydrogen) atoms. The topological polar surface area (TPSA) is 16.4 Å². The molecule has 12 aromatic rings. The van der Waals surface area contributed by atoms with Crippen LogP contribution in [-0.2, 0) is 0 Å². The Morgan fingerprint density at radius 2 is 0.712 bits per heavy atom. The Morgan fingerprint density at radius 3 is 1.41 bits per heavy atom. The fraction of sp³-hybridized carbons (Fsp3) is 0. The highest BCUT2D eigenvalue weighted by Gasteiger charge is 2.24. The van der Waals surface area contributed by atoms with E-state index in [4.69, 9.17) is 4.42 Å². The fourth-order valence-electron chi connectivity index (χ4n) is 9.73. The van der Waals surface area contributed by atoms with Crippen molar-refractivity contribution in [1.29, 1.82) is 0 Å². The lowest BCUT2D eigenvalue weighted by molar-refractivity contribution is 0.670. The van der Waals surface area contributed by atoms with Crippen LogP contribution in [0.1, 0.15) is 0 Å². The van der Waals surface area contributed by atoms with Crippen molar-refractivity contribution in [1.82, 2.24) is 0 Å². The van der Waals surface area contributed by atoms with Gasteiger partial charge in [0.25, 0.3) is 0 Å². The summed E-state index contributed by atoms with van der Waals surface area (Å²) in [5.74, 6) is 0. The van der Waals surface area contributed by atoms with Gasteiger partial charge in [0.2, 0.25) is 0 Å². The van der Waals surface area contributed by atoms with Crippen molar-refractivity contribution in [3.63, 3.8) is 0 Å². The van der Waals surface area contributed by atoms with Crippen LogP contribution in [-0.4, -0.2) is 0 Å². The SMILES string of the molecule is c1ccc(-c2ccccc2-c2ccccc2-c2ccccc2N(c2ccc(-c3ccc(-c4ccc5ccccc5c4)cc3)cc2)c2ccccc2-c2cccc3c2oc2ccccc23)cc1. The number of anilines is 3. The molecule has 0 aliphatic carbocycles. The van der Waals surface area contributed by atoms with Crippen molar-refractivity contribution < 1.29 is 4.42 Å². The van der Waals surface area contributed by atoms with E-state index in [0.29, 0.717) is 0 Å². The summed E-state index contributed by atoms with van der Waals surface area (Å²) < 4.78 is 6.69. The lowest BCUT2D eigenvalue weighted by Crippen LogP contribution is -2.12. The van der Waals surface area contributed by atoms with Crippen molar-refractivity contribution in [2.75, 3.05) is 4.90 Å². The maximum Gasteiger partial charge on any atom is 0.143 e. The number of fused-ring (bicyclic) bond motifs is 4. The van der Waals surface area contributed by atoms with Gasteiger partial charge in [-0.15, -0.1) is 0 Å². The maximum absolute atomic E-state index is 6.69.